The van der Waals surface area contributed by atoms with Gasteiger partial charge in [-0.25, -0.2) is 4.39 Å². The molecule has 0 saturated carbocycles. The summed E-state index contributed by atoms with van der Waals surface area (Å²) >= 11 is 5.56. The predicted molar refractivity (Wildman–Crippen MR) is 42.8 cm³/mol. The average Bonchev–Trinajstić information content (AvgIpc) is 2.06. The van der Waals surface area contributed by atoms with Crippen LogP contribution >= 0.6 is 11.6 Å². The van der Waals surface area contributed by atoms with Gasteiger partial charge in [-0.3, -0.25) is 4.79 Å². The van der Waals surface area contributed by atoms with E-state index in [1.54, 1.807) is 6.92 Å². The Morgan fingerprint density at radius 2 is 2.25 bits per heavy atom. The molecule has 1 aromatic carbocycles. The Hall–Kier alpha value is -1.09. The van der Waals surface area contributed by atoms with E-state index in [2.05, 4.69) is 4.74 Å². The zero-order valence-corrected chi connectivity index (χ0v) is 7.06. The Kier molecular flexibility index (Phi) is 2.65. The molecule has 64 valence electrons. The summed E-state index contributed by atoms with van der Waals surface area (Å²) in [5.74, 6) is -0.818. The number of hydrogen-bond donors (Lipinski definition) is 0. The van der Waals surface area contributed by atoms with E-state index >= 15 is 0 Å². The van der Waals surface area contributed by atoms with E-state index in [0.29, 0.717) is 5.56 Å². The van der Waals surface area contributed by atoms with Gasteiger partial charge < -0.3 is 4.74 Å². The highest BCUT2D eigenvalue weighted by molar-refractivity contribution is 6.32. The lowest BCUT2D eigenvalue weighted by molar-refractivity contribution is -0.120. The first-order chi connectivity index (χ1) is 5.66. The first-order valence-electron chi connectivity index (χ1n) is 3.21. The summed E-state index contributed by atoms with van der Waals surface area (Å²) in [7, 11) is 0. The van der Waals surface area contributed by atoms with Crippen molar-refractivity contribution in [3.05, 3.63) is 28.5 Å². The SMILES string of the molecule is Cc1ccc(Cl)c(OC=O)c1F. The molecule has 0 amide bonds. The van der Waals surface area contributed by atoms with Gasteiger partial charge in [0, 0.05) is 0 Å². The minimum atomic E-state index is -0.602. The third-order valence-corrected chi connectivity index (χ3v) is 1.71. The Balaban J connectivity index is 3.22. The normalized spacial score (nSPS) is 9.58. The lowest BCUT2D eigenvalue weighted by Crippen LogP contribution is -1.95. The maximum atomic E-state index is 13.1. The summed E-state index contributed by atoms with van der Waals surface area (Å²) in [6.45, 7) is 1.70. The summed E-state index contributed by atoms with van der Waals surface area (Å²) in [5.41, 5.74) is 0.385. The monoisotopic (exact) mass is 188 g/mol. The number of benzene rings is 1. The van der Waals surface area contributed by atoms with Crippen molar-refractivity contribution in [2.24, 2.45) is 0 Å². The van der Waals surface area contributed by atoms with E-state index in [0.717, 1.165) is 0 Å². The van der Waals surface area contributed by atoms with Crippen molar-refractivity contribution in [3.63, 3.8) is 0 Å². The number of ether oxygens (including phenoxy) is 1. The molecular weight excluding hydrogens is 183 g/mol. The van der Waals surface area contributed by atoms with Gasteiger partial charge in [0.05, 0.1) is 5.02 Å². The van der Waals surface area contributed by atoms with Crippen LogP contribution < -0.4 is 4.74 Å². The van der Waals surface area contributed by atoms with Gasteiger partial charge in [0.2, 0.25) is 0 Å². The first kappa shape index (κ1) is 9.00. The maximum absolute atomic E-state index is 13.1. The van der Waals surface area contributed by atoms with Crippen LogP contribution in [0, 0.1) is 12.7 Å². The van der Waals surface area contributed by atoms with Gasteiger partial charge in [0.1, 0.15) is 0 Å². The van der Waals surface area contributed by atoms with Crippen molar-refractivity contribution in [2.45, 2.75) is 6.92 Å². The highest BCUT2D eigenvalue weighted by atomic mass is 35.5. The minimum absolute atomic E-state index is 0.0881. The Labute approximate surface area is 73.9 Å². The van der Waals surface area contributed by atoms with Crippen LogP contribution in [0.3, 0.4) is 0 Å². The van der Waals surface area contributed by atoms with Crippen LogP contribution in [0.25, 0.3) is 0 Å². The van der Waals surface area contributed by atoms with Crippen molar-refractivity contribution in [2.75, 3.05) is 0 Å². The highest BCUT2D eigenvalue weighted by Crippen LogP contribution is 2.28. The van der Waals surface area contributed by atoms with Crippen LogP contribution in [0.4, 0.5) is 4.39 Å². The van der Waals surface area contributed by atoms with Gasteiger partial charge in [-0.15, -0.1) is 0 Å². The predicted octanol–water partition coefficient (Wildman–Crippen LogP) is 2.32. The van der Waals surface area contributed by atoms with Crippen molar-refractivity contribution in [1.82, 2.24) is 0 Å². The largest absolute Gasteiger partial charge is 0.424 e. The molecule has 0 unspecified atom stereocenters. The number of hydrogen-bond acceptors (Lipinski definition) is 2. The fraction of sp³-hybridized carbons (Fsp3) is 0.125. The molecule has 2 nitrogen and oxygen atoms in total. The van der Waals surface area contributed by atoms with E-state index in [1.807, 2.05) is 0 Å². The molecule has 0 aliphatic heterocycles. The van der Waals surface area contributed by atoms with Crippen molar-refractivity contribution in [1.29, 1.82) is 0 Å². The van der Waals surface area contributed by atoms with Crippen molar-refractivity contribution < 1.29 is 13.9 Å². The molecule has 0 saturated heterocycles. The highest BCUT2D eigenvalue weighted by Gasteiger charge is 2.10. The van der Waals surface area contributed by atoms with Crippen LogP contribution in [0.2, 0.25) is 5.02 Å². The first-order valence-corrected chi connectivity index (χ1v) is 3.59. The van der Waals surface area contributed by atoms with E-state index in [4.69, 9.17) is 11.6 Å². The maximum Gasteiger partial charge on any atom is 0.298 e. The molecule has 0 bridgehead atoms. The fourth-order valence-corrected chi connectivity index (χ4v) is 0.978. The molecule has 12 heavy (non-hydrogen) atoms. The molecule has 0 fully saturated rings. The smallest absolute Gasteiger partial charge is 0.298 e. The summed E-state index contributed by atoms with van der Waals surface area (Å²) in [4.78, 5) is 9.94. The second-order valence-corrected chi connectivity index (χ2v) is 2.63. The minimum Gasteiger partial charge on any atom is -0.424 e. The molecule has 1 aromatic rings. The molecule has 0 aliphatic carbocycles. The van der Waals surface area contributed by atoms with Crippen molar-refractivity contribution >= 4 is 18.1 Å². The Bertz CT molecular complexity index is 312. The lowest BCUT2D eigenvalue weighted by atomic mass is 10.2. The van der Waals surface area contributed by atoms with Crippen LogP contribution in [-0.2, 0) is 4.79 Å². The summed E-state index contributed by atoms with van der Waals surface area (Å²) in [6, 6.07) is 2.98. The number of carbonyl (C=O) groups excluding carboxylic acids is 1. The average molecular weight is 189 g/mol. The van der Waals surface area contributed by atoms with Crippen molar-refractivity contribution in [3.8, 4) is 5.75 Å². The van der Waals surface area contributed by atoms with Gasteiger partial charge >= 0.3 is 0 Å². The zero-order chi connectivity index (χ0) is 9.14. The van der Waals surface area contributed by atoms with Gasteiger partial charge in [-0.2, -0.15) is 0 Å². The fourth-order valence-electron chi connectivity index (χ4n) is 0.787. The Morgan fingerprint density at radius 3 is 2.83 bits per heavy atom. The second kappa shape index (κ2) is 3.54. The molecule has 0 N–H and O–H groups in total. The number of rotatable bonds is 2. The third kappa shape index (κ3) is 1.56. The summed E-state index contributed by atoms with van der Waals surface area (Å²) < 4.78 is 17.4. The molecule has 1 rings (SSSR count). The lowest BCUT2D eigenvalue weighted by Gasteiger charge is -2.03. The molecule has 4 heteroatoms. The number of aryl methyl sites for hydroxylation is 1. The third-order valence-electron chi connectivity index (χ3n) is 1.41. The molecule has 0 radical (unpaired) electrons. The van der Waals surface area contributed by atoms with Gasteiger partial charge in [0.25, 0.3) is 6.47 Å². The molecule has 0 heterocycles. The quantitative estimate of drug-likeness (QED) is 0.666. The van der Waals surface area contributed by atoms with E-state index < -0.39 is 5.82 Å². The summed E-state index contributed by atoms with van der Waals surface area (Å²) in [6.07, 6.45) is 0. The topological polar surface area (TPSA) is 26.3 Å². The summed E-state index contributed by atoms with van der Waals surface area (Å²) in [5, 5.41) is 0.0881. The number of halogens is 2. The van der Waals surface area contributed by atoms with Crippen LogP contribution in [0.15, 0.2) is 12.1 Å². The standard InChI is InChI=1S/C8H6ClFO2/c1-5-2-3-6(9)8(7(5)10)12-4-11/h2-4H,1H3. The van der Waals surface area contributed by atoms with Crippen LogP contribution in [0.5, 0.6) is 5.75 Å². The molecule has 0 atom stereocenters. The van der Waals surface area contributed by atoms with E-state index in [9.17, 15) is 9.18 Å². The van der Waals surface area contributed by atoms with E-state index in [-0.39, 0.29) is 17.2 Å². The van der Waals surface area contributed by atoms with Gasteiger partial charge in [-0.1, -0.05) is 17.7 Å². The van der Waals surface area contributed by atoms with Crippen LogP contribution in [-0.4, -0.2) is 6.47 Å². The molecule has 0 aromatic heterocycles. The van der Waals surface area contributed by atoms with Gasteiger partial charge in [0.15, 0.2) is 11.6 Å². The number of carbonyl (C=O) groups is 1. The van der Waals surface area contributed by atoms with Crippen LogP contribution in [0.1, 0.15) is 5.56 Å². The van der Waals surface area contributed by atoms with E-state index in [1.165, 1.54) is 12.1 Å². The second-order valence-electron chi connectivity index (χ2n) is 2.22. The molecule has 0 aliphatic rings. The Morgan fingerprint density at radius 1 is 1.58 bits per heavy atom. The molecule has 0 spiro atoms. The van der Waals surface area contributed by atoms with Gasteiger partial charge in [-0.05, 0) is 18.6 Å². The zero-order valence-electron chi connectivity index (χ0n) is 6.30. The molecular formula is C8H6ClFO2.